The quantitative estimate of drug-likeness (QED) is 0.782. The second kappa shape index (κ2) is 5.29. The fourth-order valence-electron chi connectivity index (χ4n) is 1.71. The topological polar surface area (TPSA) is 58.2 Å². The minimum Gasteiger partial charge on any atom is -0.315 e. The van der Waals surface area contributed by atoms with E-state index >= 15 is 0 Å². The Kier molecular flexibility index (Phi) is 4.17. The van der Waals surface area contributed by atoms with Crippen LogP contribution in [-0.4, -0.2) is 26.8 Å². The lowest BCUT2D eigenvalue weighted by Crippen LogP contribution is -2.29. The maximum absolute atomic E-state index is 12.1. The summed E-state index contributed by atoms with van der Waals surface area (Å²) in [7, 11) is -3.35. The number of rotatable bonds is 3. The molecule has 1 heterocycles. The lowest BCUT2D eigenvalue weighted by Gasteiger charge is -2.14. The van der Waals surface area contributed by atoms with Crippen LogP contribution in [0.3, 0.4) is 0 Å². The molecule has 0 spiro atoms. The zero-order valence-corrected chi connectivity index (χ0v) is 12.6. The molecule has 1 aromatic rings. The van der Waals surface area contributed by atoms with Gasteiger partial charge in [-0.15, -0.1) is 0 Å². The zero-order chi connectivity index (χ0) is 12.5. The Morgan fingerprint density at radius 2 is 2.24 bits per heavy atom. The molecule has 0 aliphatic carbocycles. The van der Waals surface area contributed by atoms with Gasteiger partial charge in [-0.1, -0.05) is 11.6 Å². The largest absolute Gasteiger partial charge is 0.315 e. The fourth-order valence-corrected chi connectivity index (χ4v) is 3.82. The molecule has 0 radical (unpaired) electrons. The van der Waals surface area contributed by atoms with Crippen molar-refractivity contribution in [2.24, 2.45) is 0 Å². The van der Waals surface area contributed by atoms with Gasteiger partial charge in [0.2, 0.25) is 10.0 Å². The van der Waals surface area contributed by atoms with Gasteiger partial charge in [0.25, 0.3) is 0 Å². The van der Waals surface area contributed by atoms with E-state index in [2.05, 4.69) is 32.6 Å². The predicted octanol–water partition coefficient (Wildman–Crippen LogP) is 2.05. The van der Waals surface area contributed by atoms with Gasteiger partial charge in [0, 0.05) is 10.1 Å². The molecule has 0 amide bonds. The Labute approximate surface area is 119 Å². The van der Waals surface area contributed by atoms with E-state index in [4.69, 9.17) is 11.6 Å². The van der Waals surface area contributed by atoms with Gasteiger partial charge in [-0.05, 0) is 53.8 Å². The molecular weight excluding hydrogens is 375 g/mol. The molecule has 1 atom stereocenters. The number of halogens is 2. The first kappa shape index (κ1) is 13.4. The number of hydrogen-bond donors (Lipinski definition) is 2. The summed E-state index contributed by atoms with van der Waals surface area (Å²) < 4.78 is 27.6. The molecule has 1 aliphatic heterocycles. The highest BCUT2D eigenvalue weighted by Gasteiger charge is 2.28. The molecule has 17 heavy (non-hydrogen) atoms. The van der Waals surface area contributed by atoms with Crippen molar-refractivity contribution in [1.29, 1.82) is 0 Å². The van der Waals surface area contributed by atoms with Crippen LogP contribution in [-0.2, 0) is 10.0 Å². The molecule has 4 nitrogen and oxygen atoms in total. The molecule has 7 heteroatoms. The SMILES string of the molecule is O=S(=O)(Nc1cc(I)ccc1Cl)C1CCNC1. The molecule has 1 unspecified atom stereocenters. The summed E-state index contributed by atoms with van der Waals surface area (Å²) in [4.78, 5) is 0. The molecule has 2 N–H and O–H groups in total. The average molecular weight is 387 g/mol. The van der Waals surface area contributed by atoms with E-state index in [9.17, 15) is 8.42 Å². The minimum absolute atomic E-state index is 0.378. The Bertz CT molecular complexity index is 515. The maximum atomic E-state index is 12.1. The summed E-state index contributed by atoms with van der Waals surface area (Å²) in [6.07, 6.45) is 0.636. The van der Waals surface area contributed by atoms with Crippen molar-refractivity contribution in [3.05, 3.63) is 26.8 Å². The van der Waals surface area contributed by atoms with Gasteiger partial charge in [0.15, 0.2) is 0 Å². The summed E-state index contributed by atoms with van der Waals surface area (Å²) in [6.45, 7) is 1.24. The third-order valence-corrected chi connectivity index (χ3v) is 5.42. The van der Waals surface area contributed by atoms with Crippen LogP contribution in [0.1, 0.15) is 6.42 Å². The van der Waals surface area contributed by atoms with Crippen molar-refractivity contribution in [2.45, 2.75) is 11.7 Å². The molecule has 1 aromatic carbocycles. The second-order valence-corrected chi connectivity index (χ2v) is 7.50. The van der Waals surface area contributed by atoms with Crippen molar-refractivity contribution in [3.63, 3.8) is 0 Å². The molecule has 1 fully saturated rings. The van der Waals surface area contributed by atoms with E-state index < -0.39 is 10.0 Å². The van der Waals surface area contributed by atoms with Gasteiger partial charge >= 0.3 is 0 Å². The predicted molar refractivity (Wildman–Crippen MR) is 78.0 cm³/mol. The lowest BCUT2D eigenvalue weighted by molar-refractivity contribution is 0.588. The van der Waals surface area contributed by atoms with E-state index in [0.717, 1.165) is 10.1 Å². The van der Waals surface area contributed by atoms with E-state index in [1.54, 1.807) is 12.1 Å². The van der Waals surface area contributed by atoms with E-state index in [1.165, 1.54) is 0 Å². The Morgan fingerprint density at radius 1 is 1.47 bits per heavy atom. The number of nitrogens with one attached hydrogen (secondary N) is 2. The van der Waals surface area contributed by atoms with Crippen LogP contribution < -0.4 is 10.0 Å². The first-order valence-corrected chi connectivity index (χ1v) is 8.17. The minimum atomic E-state index is -3.35. The molecule has 0 aromatic heterocycles. The first-order valence-electron chi connectivity index (χ1n) is 5.16. The van der Waals surface area contributed by atoms with Gasteiger partial charge in [-0.25, -0.2) is 8.42 Å². The van der Waals surface area contributed by atoms with Crippen molar-refractivity contribution >= 4 is 49.9 Å². The second-order valence-electron chi connectivity index (χ2n) is 3.89. The highest BCUT2D eigenvalue weighted by molar-refractivity contribution is 14.1. The average Bonchev–Trinajstić information content (AvgIpc) is 2.77. The van der Waals surface area contributed by atoms with E-state index in [-0.39, 0.29) is 5.25 Å². The van der Waals surface area contributed by atoms with Gasteiger partial charge in [0.1, 0.15) is 0 Å². The van der Waals surface area contributed by atoms with Crippen LogP contribution in [0.2, 0.25) is 5.02 Å². The fraction of sp³-hybridized carbons (Fsp3) is 0.400. The summed E-state index contributed by atoms with van der Waals surface area (Å²) in [6, 6.07) is 5.24. The van der Waals surface area contributed by atoms with Crippen LogP contribution in [0.5, 0.6) is 0 Å². The number of benzene rings is 1. The smallest absolute Gasteiger partial charge is 0.236 e. The molecule has 0 saturated carbocycles. The van der Waals surface area contributed by atoms with Gasteiger partial charge < -0.3 is 5.32 Å². The van der Waals surface area contributed by atoms with Crippen LogP contribution in [0, 0.1) is 3.57 Å². The standard InChI is InChI=1S/C10H12ClIN2O2S/c11-9-2-1-7(12)5-10(9)14-17(15,16)8-3-4-13-6-8/h1-2,5,8,13-14H,3-4,6H2. The number of sulfonamides is 1. The summed E-state index contributed by atoms with van der Waals surface area (Å²) >= 11 is 8.08. The molecule has 94 valence electrons. The third-order valence-electron chi connectivity index (χ3n) is 2.63. The van der Waals surface area contributed by atoms with Crippen molar-refractivity contribution < 1.29 is 8.42 Å². The summed E-state index contributed by atoms with van der Waals surface area (Å²) in [5.41, 5.74) is 0.450. The molecule has 2 rings (SSSR count). The molecular formula is C10H12ClIN2O2S. The van der Waals surface area contributed by atoms with Gasteiger partial charge in [0.05, 0.1) is 16.0 Å². The van der Waals surface area contributed by atoms with E-state index in [1.807, 2.05) is 6.07 Å². The zero-order valence-electron chi connectivity index (χ0n) is 8.91. The van der Waals surface area contributed by atoms with Crippen molar-refractivity contribution in [2.75, 3.05) is 17.8 Å². The van der Waals surface area contributed by atoms with Crippen LogP contribution in [0.25, 0.3) is 0 Å². The van der Waals surface area contributed by atoms with Crippen molar-refractivity contribution in [3.8, 4) is 0 Å². The lowest BCUT2D eigenvalue weighted by atomic mass is 10.3. The van der Waals surface area contributed by atoms with Crippen LogP contribution >= 0.6 is 34.2 Å². The summed E-state index contributed by atoms with van der Waals surface area (Å²) in [5, 5.41) is 3.07. The Hall–Kier alpha value is -0.0500. The third kappa shape index (κ3) is 3.24. The highest BCUT2D eigenvalue weighted by Crippen LogP contribution is 2.26. The normalized spacial score (nSPS) is 20.5. The van der Waals surface area contributed by atoms with E-state index in [0.29, 0.717) is 23.7 Å². The molecule has 1 saturated heterocycles. The molecule has 0 bridgehead atoms. The Balaban J connectivity index is 2.22. The van der Waals surface area contributed by atoms with Crippen LogP contribution in [0.4, 0.5) is 5.69 Å². The Morgan fingerprint density at radius 3 is 2.88 bits per heavy atom. The molecule has 1 aliphatic rings. The maximum Gasteiger partial charge on any atom is 0.236 e. The highest BCUT2D eigenvalue weighted by atomic mass is 127. The van der Waals surface area contributed by atoms with Gasteiger partial charge in [-0.3, -0.25) is 4.72 Å². The van der Waals surface area contributed by atoms with Crippen molar-refractivity contribution in [1.82, 2.24) is 5.32 Å². The van der Waals surface area contributed by atoms with Crippen LogP contribution in [0.15, 0.2) is 18.2 Å². The first-order chi connectivity index (χ1) is 7.99. The van der Waals surface area contributed by atoms with Gasteiger partial charge in [-0.2, -0.15) is 0 Å². The summed E-state index contributed by atoms with van der Waals surface area (Å²) in [5.74, 6) is 0. The number of anilines is 1. The monoisotopic (exact) mass is 386 g/mol. The number of hydrogen-bond acceptors (Lipinski definition) is 3.